The van der Waals surface area contributed by atoms with E-state index in [1.165, 1.54) is 26.2 Å². The van der Waals surface area contributed by atoms with Crippen molar-refractivity contribution in [2.45, 2.75) is 13.0 Å². The molecular formula is C20H18FN3O3. The number of hydrogen-bond acceptors (Lipinski definition) is 4. The Hall–Kier alpha value is -3.48. The first-order valence-electron chi connectivity index (χ1n) is 8.29. The maximum absolute atomic E-state index is 13.3. The van der Waals surface area contributed by atoms with E-state index in [-0.39, 0.29) is 11.4 Å². The molecule has 0 spiro atoms. The standard InChI is InChI=1S/C20H18FN3O3/c1-13(20(26)27-2)22-19(25)17-12-24(16-6-4-3-5-7-16)23-18(17)14-8-10-15(21)11-9-14/h3-13H,1-2H3,(H,22,25). The number of benzene rings is 2. The second-order valence-corrected chi connectivity index (χ2v) is 5.90. The van der Waals surface area contributed by atoms with Crippen LogP contribution in [0.4, 0.5) is 4.39 Å². The lowest BCUT2D eigenvalue weighted by atomic mass is 10.1. The third-order valence-electron chi connectivity index (χ3n) is 4.00. The predicted molar refractivity (Wildman–Crippen MR) is 97.9 cm³/mol. The van der Waals surface area contributed by atoms with Crippen molar-refractivity contribution in [3.8, 4) is 16.9 Å². The number of carbonyl (C=O) groups excluding carboxylic acids is 2. The van der Waals surface area contributed by atoms with Gasteiger partial charge < -0.3 is 10.1 Å². The van der Waals surface area contributed by atoms with Gasteiger partial charge >= 0.3 is 5.97 Å². The smallest absolute Gasteiger partial charge is 0.328 e. The van der Waals surface area contributed by atoms with Gasteiger partial charge in [-0.2, -0.15) is 5.10 Å². The molecule has 6 nitrogen and oxygen atoms in total. The molecule has 138 valence electrons. The van der Waals surface area contributed by atoms with Crippen molar-refractivity contribution in [1.82, 2.24) is 15.1 Å². The van der Waals surface area contributed by atoms with Gasteiger partial charge in [0.1, 0.15) is 17.6 Å². The minimum Gasteiger partial charge on any atom is -0.467 e. The fourth-order valence-electron chi connectivity index (χ4n) is 2.58. The molecule has 0 radical (unpaired) electrons. The summed E-state index contributed by atoms with van der Waals surface area (Å²) in [6.45, 7) is 1.53. The molecule has 1 aromatic heterocycles. The van der Waals surface area contributed by atoms with E-state index in [0.717, 1.165) is 5.69 Å². The molecule has 7 heteroatoms. The first-order valence-corrected chi connectivity index (χ1v) is 8.29. The summed E-state index contributed by atoms with van der Waals surface area (Å²) in [4.78, 5) is 24.3. The van der Waals surface area contributed by atoms with Crippen LogP contribution in [0.5, 0.6) is 0 Å². The van der Waals surface area contributed by atoms with Crippen molar-refractivity contribution in [2.75, 3.05) is 7.11 Å². The molecule has 0 fully saturated rings. The topological polar surface area (TPSA) is 73.2 Å². The number of rotatable bonds is 5. The Balaban J connectivity index is 2.02. The van der Waals surface area contributed by atoms with Crippen LogP contribution >= 0.6 is 0 Å². The van der Waals surface area contributed by atoms with Gasteiger partial charge in [-0.15, -0.1) is 0 Å². The second-order valence-electron chi connectivity index (χ2n) is 5.90. The summed E-state index contributed by atoms with van der Waals surface area (Å²) in [7, 11) is 1.25. The minimum absolute atomic E-state index is 0.265. The molecule has 0 aliphatic heterocycles. The zero-order chi connectivity index (χ0) is 19.4. The van der Waals surface area contributed by atoms with E-state index in [2.05, 4.69) is 15.2 Å². The molecule has 2 aromatic carbocycles. The van der Waals surface area contributed by atoms with E-state index in [4.69, 9.17) is 0 Å². The van der Waals surface area contributed by atoms with E-state index in [1.807, 2.05) is 30.3 Å². The Kier molecular flexibility index (Phi) is 5.30. The van der Waals surface area contributed by atoms with Crippen LogP contribution in [0, 0.1) is 5.82 Å². The van der Waals surface area contributed by atoms with Crippen LogP contribution in [-0.2, 0) is 9.53 Å². The number of amides is 1. The van der Waals surface area contributed by atoms with Gasteiger partial charge in [-0.05, 0) is 43.3 Å². The molecule has 27 heavy (non-hydrogen) atoms. The summed E-state index contributed by atoms with van der Waals surface area (Å²) in [5.41, 5.74) is 2.00. The lowest BCUT2D eigenvalue weighted by Crippen LogP contribution is -2.39. The van der Waals surface area contributed by atoms with Crippen molar-refractivity contribution in [3.05, 3.63) is 72.2 Å². The van der Waals surface area contributed by atoms with E-state index in [1.54, 1.807) is 23.0 Å². The Morgan fingerprint density at radius 3 is 2.41 bits per heavy atom. The summed E-state index contributed by atoms with van der Waals surface area (Å²) < 4.78 is 19.5. The number of aromatic nitrogens is 2. The molecular weight excluding hydrogens is 349 g/mol. The highest BCUT2D eigenvalue weighted by Gasteiger charge is 2.22. The van der Waals surface area contributed by atoms with Crippen LogP contribution in [0.1, 0.15) is 17.3 Å². The van der Waals surface area contributed by atoms with Crippen LogP contribution in [-0.4, -0.2) is 34.8 Å². The number of methoxy groups -OCH3 is 1. The minimum atomic E-state index is -0.816. The third-order valence-corrected chi connectivity index (χ3v) is 4.00. The highest BCUT2D eigenvalue weighted by Crippen LogP contribution is 2.24. The number of nitrogens with one attached hydrogen (secondary N) is 1. The van der Waals surface area contributed by atoms with Gasteiger partial charge in [-0.3, -0.25) is 4.79 Å². The number of nitrogens with zero attached hydrogens (tertiary/aromatic N) is 2. The van der Waals surface area contributed by atoms with Crippen LogP contribution in [0.25, 0.3) is 16.9 Å². The lowest BCUT2D eigenvalue weighted by Gasteiger charge is -2.11. The van der Waals surface area contributed by atoms with Crippen LogP contribution in [0.15, 0.2) is 60.8 Å². The van der Waals surface area contributed by atoms with Crippen LogP contribution in [0.3, 0.4) is 0 Å². The summed E-state index contributed by atoms with van der Waals surface area (Å²) in [5, 5.41) is 7.08. The highest BCUT2D eigenvalue weighted by atomic mass is 19.1. The molecule has 1 amide bonds. The van der Waals surface area contributed by atoms with Crippen molar-refractivity contribution >= 4 is 11.9 Å². The number of ether oxygens (including phenoxy) is 1. The first-order chi connectivity index (χ1) is 13.0. The molecule has 0 bridgehead atoms. The average Bonchev–Trinajstić information content (AvgIpc) is 3.14. The van der Waals surface area contributed by atoms with E-state index >= 15 is 0 Å². The third kappa shape index (κ3) is 4.03. The summed E-state index contributed by atoms with van der Waals surface area (Å²) in [6, 6.07) is 14.2. The average molecular weight is 367 g/mol. The summed E-state index contributed by atoms with van der Waals surface area (Å²) >= 11 is 0. The van der Waals surface area contributed by atoms with Crippen molar-refractivity contribution in [2.24, 2.45) is 0 Å². The zero-order valence-corrected chi connectivity index (χ0v) is 14.8. The maximum atomic E-state index is 13.3. The van der Waals surface area contributed by atoms with E-state index in [9.17, 15) is 14.0 Å². The predicted octanol–water partition coefficient (Wildman–Crippen LogP) is 2.97. The van der Waals surface area contributed by atoms with Gasteiger partial charge in [-0.1, -0.05) is 18.2 Å². The molecule has 1 atom stereocenters. The lowest BCUT2D eigenvalue weighted by molar-refractivity contribution is -0.142. The zero-order valence-electron chi connectivity index (χ0n) is 14.8. The first kappa shape index (κ1) is 18.3. The largest absolute Gasteiger partial charge is 0.467 e. The fraction of sp³-hybridized carbons (Fsp3) is 0.150. The van der Waals surface area contributed by atoms with Gasteiger partial charge in [-0.25, -0.2) is 13.9 Å². The highest BCUT2D eigenvalue weighted by molar-refractivity contribution is 6.01. The fourth-order valence-corrected chi connectivity index (χ4v) is 2.58. The molecule has 0 saturated heterocycles. The van der Waals surface area contributed by atoms with Crippen molar-refractivity contribution < 1.29 is 18.7 Å². The summed E-state index contributed by atoms with van der Waals surface area (Å²) in [5.74, 6) is -1.41. The van der Waals surface area contributed by atoms with E-state index in [0.29, 0.717) is 11.3 Å². The molecule has 1 heterocycles. The van der Waals surface area contributed by atoms with Gasteiger partial charge in [0.25, 0.3) is 5.91 Å². The molecule has 1 unspecified atom stereocenters. The number of halogens is 1. The SMILES string of the molecule is COC(=O)C(C)NC(=O)c1cn(-c2ccccc2)nc1-c1ccc(F)cc1. The number of carbonyl (C=O) groups is 2. The number of esters is 1. The monoisotopic (exact) mass is 367 g/mol. The van der Waals surface area contributed by atoms with Crippen molar-refractivity contribution in [3.63, 3.8) is 0 Å². The van der Waals surface area contributed by atoms with Gasteiger partial charge in [0.15, 0.2) is 0 Å². The number of para-hydroxylation sites is 1. The Labute approximate surface area is 155 Å². The normalized spacial score (nSPS) is 11.7. The molecule has 0 saturated carbocycles. The Bertz CT molecular complexity index is 952. The Morgan fingerprint density at radius 2 is 1.78 bits per heavy atom. The number of hydrogen-bond donors (Lipinski definition) is 1. The van der Waals surface area contributed by atoms with Crippen LogP contribution < -0.4 is 5.32 Å². The molecule has 1 N–H and O–H groups in total. The van der Waals surface area contributed by atoms with Gasteiger partial charge in [0.2, 0.25) is 0 Å². The quantitative estimate of drug-likeness (QED) is 0.704. The van der Waals surface area contributed by atoms with Crippen LogP contribution in [0.2, 0.25) is 0 Å². The Morgan fingerprint density at radius 1 is 1.11 bits per heavy atom. The summed E-state index contributed by atoms with van der Waals surface area (Å²) in [6.07, 6.45) is 1.58. The van der Waals surface area contributed by atoms with Crippen molar-refractivity contribution in [1.29, 1.82) is 0 Å². The molecule has 3 aromatic rings. The van der Waals surface area contributed by atoms with Gasteiger partial charge in [0, 0.05) is 11.8 Å². The molecule has 0 aliphatic rings. The van der Waals surface area contributed by atoms with Gasteiger partial charge in [0.05, 0.1) is 18.4 Å². The second kappa shape index (κ2) is 7.82. The maximum Gasteiger partial charge on any atom is 0.328 e. The molecule has 3 rings (SSSR count). The molecule has 0 aliphatic carbocycles. The van der Waals surface area contributed by atoms with E-state index < -0.39 is 17.9 Å².